The van der Waals surface area contributed by atoms with Gasteiger partial charge in [-0.25, -0.2) is 4.99 Å². The number of nitro benzene ring substituents is 1. The minimum absolute atomic E-state index is 0.0451. The van der Waals surface area contributed by atoms with Gasteiger partial charge in [-0.05, 0) is 19.4 Å². The topological polar surface area (TPSA) is 112 Å². The van der Waals surface area contributed by atoms with Gasteiger partial charge in [-0.3, -0.25) is 19.8 Å². The van der Waals surface area contributed by atoms with Gasteiger partial charge in [-0.1, -0.05) is 12.1 Å². The summed E-state index contributed by atoms with van der Waals surface area (Å²) in [6, 6.07) is 6.56. The quantitative estimate of drug-likeness (QED) is 0.200. The molecule has 0 saturated carbocycles. The first-order valence-electron chi connectivity index (χ1n) is 10.2. The van der Waals surface area contributed by atoms with Gasteiger partial charge in [-0.15, -0.1) is 0 Å². The van der Waals surface area contributed by atoms with Crippen LogP contribution in [-0.4, -0.2) is 85.6 Å². The number of aliphatic imine (C=N–C) groups is 1. The molecule has 0 aromatic heterocycles. The van der Waals surface area contributed by atoms with Gasteiger partial charge >= 0.3 is 0 Å². The smallest absolute Gasteiger partial charge is 0.269 e. The number of piperazine rings is 1. The van der Waals surface area contributed by atoms with E-state index < -0.39 is 4.92 Å². The van der Waals surface area contributed by atoms with Gasteiger partial charge in [0, 0.05) is 58.0 Å². The number of nitro groups is 1. The minimum atomic E-state index is -0.411. The van der Waals surface area contributed by atoms with E-state index in [0.29, 0.717) is 26.2 Å². The fourth-order valence-electron chi connectivity index (χ4n) is 3.11. The number of guanidine groups is 1. The first-order chi connectivity index (χ1) is 14.4. The Kier molecular flexibility index (Phi) is 9.49. The molecule has 1 saturated heterocycles. The van der Waals surface area contributed by atoms with E-state index in [1.54, 1.807) is 19.2 Å². The second-order valence-corrected chi connectivity index (χ2v) is 7.47. The Morgan fingerprint density at radius 3 is 2.47 bits per heavy atom. The van der Waals surface area contributed by atoms with Crippen molar-refractivity contribution in [1.82, 2.24) is 20.4 Å². The fraction of sp³-hybridized carbons (Fsp3) is 0.600. The molecule has 0 radical (unpaired) electrons. The zero-order chi connectivity index (χ0) is 21.9. The second kappa shape index (κ2) is 12.1. The van der Waals surface area contributed by atoms with E-state index in [4.69, 9.17) is 9.73 Å². The van der Waals surface area contributed by atoms with Crippen molar-refractivity contribution in [3.63, 3.8) is 0 Å². The van der Waals surface area contributed by atoms with Gasteiger partial charge in [0.05, 0.1) is 24.6 Å². The Bertz CT molecular complexity index is 715. The molecule has 2 rings (SSSR count). The van der Waals surface area contributed by atoms with Gasteiger partial charge in [0.15, 0.2) is 5.96 Å². The average molecular weight is 421 g/mol. The molecule has 1 aromatic rings. The molecule has 0 atom stereocenters. The lowest BCUT2D eigenvalue weighted by atomic mass is 10.2. The lowest BCUT2D eigenvalue weighted by Gasteiger charge is -2.36. The number of ether oxygens (including phenoxy) is 1. The van der Waals surface area contributed by atoms with Crippen molar-refractivity contribution in [3.8, 4) is 0 Å². The number of carbonyl (C=O) groups is 1. The van der Waals surface area contributed by atoms with Crippen LogP contribution in [0.4, 0.5) is 5.69 Å². The number of non-ortho nitro benzene ring substituents is 1. The predicted octanol–water partition coefficient (Wildman–Crippen LogP) is 0.829. The minimum Gasteiger partial charge on any atom is -0.383 e. The summed E-state index contributed by atoms with van der Waals surface area (Å²) >= 11 is 0. The molecule has 0 bridgehead atoms. The van der Waals surface area contributed by atoms with Crippen molar-refractivity contribution in [2.45, 2.75) is 26.4 Å². The maximum absolute atomic E-state index is 12.0. The summed E-state index contributed by atoms with van der Waals surface area (Å²) in [5.41, 5.74) is 0.967. The van der Waals surface area contributed by atoms with Crippen molar-refractivity contribution >= 4 is 17.6 Å². The molecule has 0 aliphatic carbocycles. The van der Waals surface area contributed by atoms with E-state index in [0.717, 1.165) is 37.7 Å². The molecule has 1 fully saturated rings. The van der Waals surface area contributed by atoms with Crippen molar-refractivity contribution in [2.75, 3.05) is 53.0 Å². The highest BCUT2D eigenvalue weighted by Crippen LogP contribution is 2.13. The normalized spacial score (nSPS) is 15.3. The Morgan fingerprint density at radius 2 is 1.90 bits per heavy atom. The lowest BCUT2D eigenvalue weighted by Crippen LogP contribution is -2.54. The number of amides is 1. The maximum atomic E-state index is 12.0. The maximum Gasteiger partial charge on any atom is 0.269 e. The molecule has 1 aliphatic heterocycles. The van der Waals surface area contributed by atoms with Gasteiger partial charge in [0.1, 0.15) is 0 Å². The third-order valence-corrected chi connectivity index (χ3v) is 4.64. The lowest BCUT2D eigenvalue weighted by molar-refractivity contribution is -0.384. The van der Waals surface area contributed by atoms with Gasteiger partial charge in [0.2, 0.25) is 5.91 Å². The summed E-state index contributed by atoms with van der Waals surface area (Å²) in [7, 11) is 1.65. The number of rotatable bonds is 9. The molecular weight excluding hydrogens is 388 g/mol. The average Bonchev–Trinajstić information content (AvgIpc) is 2.71. The van der Waals surface area contributed by atoms with Crippen LogP contribution in [0.2, 0.25) is 0 Å². The highest BCUT2D eigenvalue weighted by molar-refractivity contribution is 5.80. The van der Waals surface area contributed by atoms with E-state index >= 15 is 0 Å². The Morgan fingerprint density at radius 1 is 1.23 bits per heavy atom. The molecule has 30 heavy (non-hydrogen) atoms. The predicted molar refractivity (Wildman–Crippen MR) is 115 cm³/mol. The van der Waals surface area contributed by atoms with Crippen molar-refractivity contribution < 1.29 is 14.5 Å². The fourth-order valence-corrected chi connectivity index (χ4v) is 3.11. The van der Waals surface area contributed by atoms with Gasteiger partial charge in [-0.2, -0.15) is 0 Å². The van der Waals surface area contributed by atoms with Crippen LogP contribution < -0.4 is 10.6 Å². The monoisotopic (exact) mass is 420 g/mol. The number of nitrogens with one attached hydrogen (secondary N) is 2. The van der Waals surface area contributed by atoms with Crippen molar-refractivity contribution in [3.05, 3.63) is 39.9 Å². The van der Waals surface area contributed by atoms with Crippen LogP contribution in [0.5, 0.6) is 0 Å². The number of hydrogen-bond acceptors (Lipinski definition) is 6. The standard InChI is InChI=1S/C20H32N6O4/c1-16(2)23-19(27)15-24-9-11-25(12-10-24)20(21-8-13-30-3)22-14-17-4-6-18(7-5-17)26(28)29/h4-7,16H,8-15H2,1-3H3,(H,21,22)(H,23,27). The number of methoxy groups -OCH3 is 1. The third-order valence-electron chi connectivity index (χ3n) is 4.64. The Hall–Kier alpha value is -2.72. The van der Waals surface area contributed by atoms with Crippen LogP contribution in [0.15, 0.2) is 29.3 Å². The van der Waals surface area contributed by atoms with Gasteiger partial charge < -0.3 is 20.3 Å². The van der Waals surface area contributed by atoms with E-state index in [1.807, 2.05) is 13.8 Å². The van der Waals surface area contributed by atoms with E-state index in [9.17, 15) is 14.9 Å². The van der Waals surface area contributed by atoms with Crippen LogP contribution in [0.1, 0.15) is 19.4 Å². The van der Waals surface area contributed by atoms with E-state index in [1.165, 1.54) is 12.1 Å². The van der Waals surface area contributed by atoms with E-state index in [-0.39, 0.29) is 17.6 Å². The molecule has 10 nitrogen and oxygen atoms in total. The number of nitrogens with zero attached hydrogens (tertiary/aromatic N) is 4. The molecule has 2 N–H and O–H groups in total. The molecule has 10 heteroatoms. The molecule has 1 amide bonds. The van der Waals surface area contributed by atoms with Crippen molar-refractivity contribution in [1.29, 1.82) is 0 Å². The van der Waals surface area contributed by atoms with Crippen LogP contribution in [0.3, 0.4) is 0 Å². The number of benzene rings is 1. The SMILES string of the molecule is COCCNC(=NCc1ccc([N+](=O)[O-])cc1)N1CCN(CC(=O)NC(C)C)CC1. The van der Waals surface area contributed by atoms with E-state index in [2.05, 4.69) is 20.4 Å². The van der Waals surface area contributed by atoms with Gasteiger partial charge in [0.25, 0.3) is 5.69 Å². The highest BCUT2D eigenvalue weighted by Gasteiger charge is 2.21. The Balaban J connectivity index is 1.94. The first kappa shape index (κ1) is 23.6. The van der Waals surface area contributed by atoms with Crippen LogP contribution >= 0.6 is 0 Å². The van der Waals surface area contributed by atoms with Crippen LogP contribution in [0, 0.1) is 10.1 Å². The number of carbonyl (C=O) groups excluding carboxylic acids is 1. The largest absolute Gasteiger partial charge is 0.383 e. The zero-order valence-electron chi connectivity index (χ0n) is 18.0. The second-order valence-electron chi connectivity index (χ2n) is 7.47. The molecule has 0 unspecified atom stereocenters. The number of hydrogen-bond donors (Lipinski definition) is 2. The highest BCUT2D eigenvalue weighted by atomic mass is 16.6. The zero-order valence-corrected chi connectivity index (χ0v) is 18.0. The molecule has 1 aromatic carbocycles. The summed E-state index contributed by atoms with van der Waals surface area (Å²) < 4.78 is 5.12. The molecular formula is C20H32N6O4. The summed E-state index contributed by atoms with van der Waals surface area (Å²) in [6.45, 7) is 8.98. The Labute approximate surface area is 177 Å². The molecule has 0 spiro atoms. The summed E-state index contributed by atoms with van der Waals surface area (Å²) in [4.78, 5) is 31.4. The third kappa shape index (κ3) is 7.96. The first-order valence-corrected chi connectivity index (χ1v) is 10.2. The summed E-state index contributed by atoms with van der Waals surface area (Å²) in [6.07, 6.45) is 0. The molecule has 1 aliphatic rings. The van der Waals surface area contributed by atoms with Crippen LogP contribution in [-0.2, 0) is 16.1 Å². The summed E-state index contributed by atoms with van der Waals surface area (Å²) in [5.74, 6) is 0.820. The van der Waals surface area contributed by atoms with Crippen molar-refractivity contribution in [2.24, 2.45) is 4.99 Å². The van der Waals surface area contributed by atoms with Crippen LogP contribution in [0.25, 0.3) is 0 Å². The molecule has 166 valence electrons. The summed E-state index contributed by atoms with van der Waals surface area (Å²) in [5, 5.41) is 17.0. The molecule has 1 heterocycles.